The molecule has 1 aliphatic rings. The van der Waals surface area contributed by atoms with Crippen LogP contribution in [0.4, 0.5) is 5.82 Å². The molecule has 6 nitrogen and oxygen atoms in total. The number of hydrogen-bond acceptors (Lipinski definition) is 5. The van der Waals surface area contributed by atoms with Crippen LogP contribution in [0.5, 0.6) is 0 Å². The van der Waals surface area contributed by atoms with Crippen LogP contribution in [-0.4, -0.2) is 35.1 Å². The van der Waals surface area contributed by atoms with Crippen LogP contribution in [0.3, 0.4) is 0 Å². The van der Waals surface area contributed by atoms with Gasteiger partial charge in [-0.2, -0.15) is 0 Å². The number of nitrogens with one attached hydrogen (secondary N) is 2. The van der Waals surface area contributed by atoms with Crippen LogP contribution >= 0.6 is 0 Å². The first-order chi connectivity index (χ1) is 11.2. The van der Waals surface area contributed by atoms with Gasteiger partial charge in [-0.05, 0) is 38.3 Å². The van der Waals surface area contributed by atoms with E-state index < -0.39 is 0 Å². The highest BCUT2D eigenvalue weighted by Gasteiger charge is 2.23. The van der Waals surface area contributed by atoms with Crippen LogP contribution in [0.25, 0.3) is 0 Å². The Morgan fingerprint density at radius 3 is 3.26 bits per heavy atom. The van der Waals surface area contributed by atoms with Crippen molar-refractivity contribution < 1.29 is 4.42 Å². The van der Waals surface area contributed by atoms with Crippen LogP contribution in [0, 0.1) is 0 Å². The minimum absolute atomic E-state index is 0.112. The van der Waals surface area contributed by atoms with Gasteiger partial charge < -0.3 is 19.6 Å². The van der Waals surface area contributed by atoms with E-state index in [2.05, 4.69) is 27.1 Å². The van der Waals surface area contributed by atoms with Crippen molar-refractivity contribution >= 4 is 5.82 Å². The summed E-state index contributed by atoms with van der Waals surface area (Å²) in [7, 11) is 0. The number of aromatic amines is 1. The minimum atomic E-state index is -0.112. The van der Waals surface area contributed by atoms with Crippen molar-refractivity contribution in [3.63, 3.8) is 0 Å². The molecule has 2 N–H and O–H groups in total. The highest BCUT2D eigenvalue weighted by atomic mass is 16.3. The Morgan fingerprint density at radius 2 is 2.48 bits per heavy atom. The summed E-state index contributed by atoms with van der Waals surface area (Å²) in [5, 5.41) is 3.68. The fraction of sp³-hybridized carbons (Fsp3) is 0.529. The number of nitrogens with zero attached hydrogens (tertiary/aromatic N) is 2. The maximum atomic E-state index is 11.9. The molecule has 0 spiro atoms. The van der Waals surface area contributed by atoms with E-state index in [1.165, 1.54) is 0 Å². The molecule has 0 amide bonds. The molecule has 0 saturated carbocycles. The SMILES string of the molecule is C[C@@H](CCc1ccco1)N[C@H]1CCCN(c2ncc[nH]c2=O)C1. The molecule has 0 aromatic carbocycles. The molecule has 0 radical (unpaired) electrons. The number of furan rings is 1. The first kappa shape index (κ1) is 15.8. The number of H-pyrrole nitrogens is 1. The number of aromatic nitrogens is 2. The van der Waals surface area contributed by atoms with Gasteiger partial charge in [-0.15, -0.1) is 0 Å². The molecule has 1 fully saturated rings. The third kappa shape index (κ3) is 4.22. The molecule has 2 aromatic rings. The molecule has 0 unspecified atom stereocenters. The van der Waals surface area contributed by atoms with Crippen LogP contribution < -0.4 is 15.8 Å². The van der Waals surface area contributed by atoms with E-state index in [1.54, 1.807) is 18.7 Å². The Balaban J connectivity index is 1.52. The predicted octanol–water partition coefficient (Wildman–Crippen LogP) is 1.94. The molecule has 0 bridgehead atoms. The molecule has 0 aliphatic carbocycles. The van der Waals surface area contributed by atoms with E-state index in [9.17, 15) is 4.79 Å². The second kappa shape index (κ2) is 7.46. The van der Waals surface area contributed by atoms with Gasteiger partial charge in [0.2, 0.25) is 0 Å². The quantitative estimate of drug-likeness (QED) is 0.852. The van der Waals surface area contributed by atoms with Gasteiger partial charge >= 0.3 is 0 Å². The monoisotopic (exact) mass is 316 g/mol. The summed E-state index contributed by atoms with van der Waals surface area (Å²) in [5.74, 6) is 1.56. The Kier molecular flexibility index (Phi) is 5.12. The topological polar surface area (TPSA) is 74.2 Å². The van der Waals surface area contributed by atoms with Gasteiger partial charge in [0.05, 0.1) is 6.26 Å². The Bertz CT molecular complexity index is 653. The van der Waals surface area contributed by atoms with E-state index in [1.807, 2.05) is 12.1 Å². The van der Waals surface area contributed by atoms with Crippen LogP contribution in [0.15, 0.2) is 40.0 Å². The normalized spacial score (nSPS) is 19.7. The number of aryl methyl sites for hydroxylation is 1. The molecule has 1 aliphatic heterocycles. The number of hydrogen-bond donors (Lipinski definition) is 2. The smallest absolute Gasteiger partial charge is 0.290 e. The van der Waals surface area contributed by atoms with Gasteiger partial charge in [-0.1, -0.05) is 0 Å². The molecular weight excluding hydrogens is 292 g/mol. The van der Waals surface area contributed by atoms with Gasteiger partial charge in [0.15, 0.2) is 5.82 Å². The van der Waals surface area contributed by atoms with Crippen LogP contribution in [0.1, 0.15) is 31.9 Å². The van der Waals surface area contributed by atoms with Gasteiger partial charge in [-0.25, -0.2) is 4.98 Å². The molecule has 23 heavy (non-hydrogen) atoms. The standard InChI is InChI=1S/C17H24N4O2/c1-13(6-7-15-5-3-11-23-15)20-14-4-2-10-21(12-14)16-17(22)19-9-8-18-16/h3,5,8-9,11,13-14,20H,2,4,6-7,10,12H2,1H3,(H,19,22)/t13-,14-/m0/s1. The van der Waals surface area contributed by atoms with E-state index in [-0.39, 0.29) is 5.56 Å². The molecule has 3 rings (SSSR count). The van der Waals surface area contributed by atoms with Crippen molar-refractivity contribution in [3.05, 3.63) is 46.9 Å². The molecular formula is C17H24N4O2. The Hall–Kier alpha value is -2.08. The zero-order valence-electron chi connectivity index (χ0n) is 13.5. The summed E-state index contributed by atoms with van der Waals surface area (Å²) < 4.78 is 5.38. The second-order valence-electron chi connectivity index (χ2n) is 6.21. The summed E-state index contributed by atoms with van der Waals surface area (Å²) in [6.45, 7) is 3.92. The summed E-state index contributed by atoms with van der Waals surface area (Å²) in [5.41, 5.74) is -0.112. The summed E-state index contributed by atoms with van der Waals surface area (Å²) >= 11 is 0. The molecule has 2 atom stereocenters. The molecule has 1 saturated heterocycles. The fourth-order valence-corrected chi connectivity index (χ4v) is 3.17. The van der Waals surface area contributed by atoms with Crippen molar-refractivity contribution in [3.8, 4) is 0 Å². The average molecular weight is 316 g/mol. The highest BCUT2D eigenvalue weighted by Crippen LogP contribution is 2.15. The van der Waals surface area contributed by atoms with E-state index in [4.69, 9.17) is 4.42 Å². The Labute approximate surface area is 135 Å². The Morgan fingerprint density at radius 1 is 1.57 bits per heavy atom. The predicted molar refractivity (Wildman–Crippen MR) is 89.7 cm³/mol. The highest BCUT2D eigenvalue weighted by molar-refractivity contribution is 5.36. The molecule has 2 aromatic heterocycles. The molecule has 3 heterocycles. The number of rotatable bonds is 6. The first-order valence-electron chi connectivity index (χ1n) is 8.29. The zero-order valence-corrected chi connectivity index (χ0v) is 13.5. The minimum Gasteiger partial charge on any atom is -0.469 e. The van der Waals surface area contributed by atoms with Crippen molar-refractivity contribution in [1.29, 1.82) is 0 Å². The third-order valence-electron chi connectivity index (χ3n) is 4.33. The average Bonchev–Trinajstić information content (AvgIpc) is 3.07. The maximum absolute atomic E-state index is 11.9. The van der Waals surface area contributed by atoms with Gasteiger partial charge in [-0.3, -0.25) is 4.79 Å². The summed E-state index contributed by atoms with van der Waals surface area (Å²) in [4.78, 5) is 20.9. The van der Waals surface area contributed by atoms with Crippen molar-refractivity contribution in [1.82, 2.24) is 15.3 Å². The summed E-state index contributed by atoms with van der Waals surface area (Å²) in [6, 6.07) is 4.74. The van der Waals surface area contributed by atoms with Crippen molar-refractivity contribution in [2.75, 3.05) is 18.0 Å². The first-order valence-corrected chi connectivity index (χ1v) is 8.29. The second-order valence-corrected chi connectivity index (χ2v) is 6.21. The van der Waals surface area contributed by atoms with E-state index in [0.717, 1.165) is 44.5 Å². The van der Waals surface area contributed by atoms with Crippen LogP contribution in [-0.2, 0) is 6.42 Å². The van der Waals surface area contributed by atoms with Gasteiger partial charge in [0, 0.05) is 44.0 Å². The van der Waals surface area contributed by atoms with Gasteiger partial charge in [0.25, 0.3) is 5.56 Å². The molecule has 6 heteroatoms. The van der Waals surface area contributed by atoms with E-state index in [0.29, 0.717) is 17.9 Å². The maximum Gasteiger partial charge on any atom is 0.290 e. The number of anilines is 1. The van der Waals surface area contributed by atoms with Crippen molar-refractivity contribution in [2.45, 2.75) is 44.7 Å². The lowest BCUT2D eigenvalue weighted by Gasteiger charge is -2.35. The third-order valence-corrected chi connectivity index (χ3v) is 4.33. The lowest BCUT2D eigenvalue weighted by atomic mass is 10.0. The lowest BCUT2D eigenvalue weighted by Crippen LogP contribution is -2.50. The summed E-state index contributed by atoms with van der Waals surface area (Å²) in [6.07, 6.45) is 9.11. The zero-order chi connectivity index (χ0) is 16.1. The van der Waals surface area contributed by atoms with Crippen molar-refractivity contribution in [2.24, 2.45) is 0 Å². The number of piperidine rings is 1. The molecule has 124 valence electrons. The fourth-order valence-electron chi connectivity index (χ4n) is 3.17. The van der Waals surface area contributed by atoms with E-state index >= 15 is 0 Å². The van der Waals surface area contributed by atoms with Crippen LogP contribution in [0.2, 0.25) is 0 Å². The lowest BCUT2D eigenvalue weighted by molar-refractivity contribution is 0.366. The largest absolute Gasteiger partial charge is 0.469 e. The van der Waals surface area contributed by atoms with Gasteiger partial charge in [0.1, 0.15) is 5.76 Å².